The van der Waals surface area contributed by atoms with E-state index in [-0.39, 0.29) is 24.6 Å². The van der Waals surface area contributed by atoms with E-state index < -0.39 is 0 Å². The summed E-state index contributed by atoms with van der Waals surface area (Å²) in [7, 11) is 3.06. The zero-order chi connectivity index (χ0) is 24.5. The highest BCUT2D eigenvalue weighted by molar-refractivity contribution is 6.06. The van der Waals surface area contributed by atoms with E-state index in [0.29, 0.717) is 39.9 Å². The third-order valence-corrected chi connectivity index (χ3v) is 5.58. The number of rotatable bonds is 7. The third-order valence-electron chi connectivity index (χ3n) is 5.58. The molecule has 1 amide bonds. The van der Waals surface area contributed by atoms with Gasteiger partial charge in [0.15, 0.2) is 17.3 Å². The highest BCUT2D eigenvalue weighted by Gasteiger charge is 2.19. The molecule has 5 rings (SSSR count). The summed E-state index contributed by atoms with van der Waals surface area (Å²) in [5, 5.41) is 7.39. The second-order valence-corrected chi connectivity index (χ2v) is 7.83. The lowest BCUT2D eigenvalue weighted by molar-refractivity contribution is -0.116. The molecule has 11 heteroatoms. The van der Waals surface area contributed by atoms with Crippen LogP contribution < -0.4 is 20.3 Å². The normalized spacial score (nSPS) is 11.2. The van der Waals surface area contributed by atoms with Crippen molar-refractivity contribution in [1.29, 1.82) is 0 Å². The van der Waals surface area contributed by atoms with Crippen molar-refractivity contribution in [2.45, 2.75) is 20.0 Å². The zero-order valence-corrected chi connectivity index (χ0v) is 19.3. The van der Waals surface area contributed by atoms with E-state index in [1.807, 2.05) is 24.3 Å². The molecule has 3 heterocycles. The molecule has 178 valence electrons. The maximum absolute atomic E-state index is 13.5. The first kappa shape index (κ1) is 22.1. The van der Waals surface area contributed by atoms with Gasteiger partial charge in [-0.25, -0.2) is 4.98 Å². The topological polar surface area (TPSA) is 126 Å². The Balaban J connectivity index is 1.53. The van der Waals surface area contributed by atoms with Crippen molar-refractivity contribution in [2.75, 3.05) is 19.5 Å². The lowest BCUT2D eigenvalue weighted by Crippen LogP contribution is -2.25. The first-order valence-electron chi connectivity index (χ1n) is 10.8. The summed E-state index contributed by atoms with van der Waals surface area (Å²) < 4.78 is 18.8. The average Bonchev–Trinajstić information content (AvgIpc) is 3.42. The number of ether oxygens (including phenoxy) is 2. The molecule has 11 nitrogen and oxygen atoms in total. The minimum Gasteiger partial charge on any atom is -0.493 e. The molecule has 0 saturated carbocycles. The quantitative estimate of drug-likeness (QED) is 0.382. The molecule has 0 saturated heterocycles. The van der Waals surface area contributed by atoms with E-state index in [1.165, 1.54) is 18.0 Å². The lowest BCUT2D eigenvalue weighted by atomic mass is 10.2. The van der Waals surface area contributed by atoms with Gasteiger partial charge in [-0.2, -0.15) is 4.98 Å². The summed E-state index contributed by atoms with van der Waals surface area (Å²) >= 11 is 0. The predicted octanol–water partition coefficient (Wildman–Crippen LogP) is 2.75. The van der Waals surface area contributed by atoms with Crippen LogP contribution in [0, 0.1) is 6.92 Å². The van der Waals surface area contributed by atoms with Gasteiger partial charge in [0.1, 0.15) is 24.1 Å². The molecule has 0 spiro atoms. The Hall–Kier alpha value is -4.67. The van der Waals surface area contributed by atoms with Gasteiger partial charge in [0.25, 0.3) is 5.56 Å². The first-order valence-corrected chi connectivity index (χ1v) is 10.8. The van der Waals surface area contributed by atoms with Crippen LogP contribution in [0.2, 0.25) is 0 Å². The zero-order valence-electron chi connectivity index (χ0n) is 19.3. The Bertz CT molecular complexity index is 1620. The molecule has 0 bridgehead atoms. The summed E-state index contributed by atoms with van der Waals surface area (Å²) in [5.74, 6) is 1.49. The second kappa shape index (κ2) is 8.93. The molecule has 0 aliphatic heterocycles. The Kier molecular flexibility index (Phi) is 5.65. The molecule has 0 aliphatic rings. The summed E-state index contributed by atoms with van der Waals surface area (Å²) in [5.41, 5.74) is 1.77. The fraction of sp³-hybridized carbons (Fsp3) is 0.208. The average molecular weight is 474 g/mol. The van der Waals surface area contributed by atoms with Gasteiger partial charge in [-0.15, -0.1) is 0 Å². The van der Waals surface area contributed by atoms with Crippen LogP contribution in [-0.2, 0) is 17.9 Å². The molecule has 35 heavy (non-hydrogen) atoms. The summed E-state index contributed by atoms with van der Waals surface area (Å²) in [6, 6.07) is 12.5. The van der Waals surface area contributed by atoms with Crippen molar-refractivity contribution >= 4 is 33.5 Å². The number of carbonyl (C=O) groups excluding carboxylic acids is 1. The maximum Gasteiger partial charge on any atom is 0.278 e. The summed E-state index contributed by atoms with van der Waals surface area (Å²) in [6.07, 6.45) is 1.45. The summed E-state index contributed by atoms with van der Waals surface area (Å²) in [4.78, 5) is 35.2. The van der Waals surface area contributed by atoms with Crippen molar-refractivity contribution in [1.82, 2.24) is 24.3 Å². The maximum atomic E-state index is 13.5. The Morgan fingerprint density at radius 1 is 1.11 bits per heavy atom. The van der Waals surface area contributed by atoms with Crippen molar-refractivity contribution in [3.05, 3.63) is 70.9 Å². The molecule has 1 N–H and O–H groups in total. The smallest absolute Gasteiger partial charge is 0.278 e. The van der Waals surface area contributed by atoms with Crippen LogP contribution in [0.1, 0.15) is 11.7 Å². The fourth-order valence-electron chi connectivity index (χ4n) is 4.03. The molecule has 2 aromatic carbocycles. The van der Waals surface area contributed by atoms with Crippen molar-refractivity contribution in [3.8, 4) is 11.5 Å². The fourth-order valence-corrected chi connectivity index (χ4v) is 4.03. The number of anilines is 1. The number of fused-ring (bicyclic) bond motifs is 3. The number of nitrogens with zero attached hydrogens (tertiary/aromatic N) is 5. The highest BCUT2D eigenvalue weighted by Crippen LogP contribution is 2.30. The van der Waals surface area contributed by atoms with Gasteiger partial charge in [-0.05, 0) is 25.1 Å². The third kappa shape index (κ3) is 4.07. The number of benzene rings is 2. The van der Waals surface area contributed by atoms with Crippen LogP contribution in [0.3, 0.4) is 0 Å². The number of carbonyl (C=O) groups is 1. The number of para-hydroxylation sites is 1. The first-order chi connectivity index (χ1) is 17.0. The van der Waals surface area contributed by atoms with Gasteiger partial charge in [0, 0.05) is 17.1 Å². The molecule has 0 fully saturated rings. The number of aromatic nitrogens is 5. The minimum atomic E-state index is -0.319. The SMILES string of the molecule is COc1ccc(NC(=O)Cn2c3ccccc3c3ncn(Cc4nc(C)no4)c(=O)c32)cc1OC. The largest absolute Gasteiger partial charge is 0.493 e. The van der Waals surface area contributed by atoms with Gasteiger partial charge in [0.05, 0.1) is 26.1 Å². The van der Waals surface area contributed by atoms with E-state index in [2.05, 4.69) is 20.4 Å². The van der Waals surface area contributed by atoms with Crippen molar-refractivity contribution < 1.29 is 18.8 Å². The van der Waals surface area contributed by atoms with Crippen molar-refractivity contribution in [2.24, 2.45) is 0 Å². The minimum absolute atomic E-state index is 0.0714. The van der Waals surface area contributed by atoms with Gasteiger partial charge < -0.3 is 23.9 Å². The predicted molar refractivity (Wildman–Crippen MR) is 128 cm³/mol. The van der Waals surface area contributed by atoms with E-state index in [0.717, 1.165) is 10.9 Å². The number of aryl methyl sites for hydroxylation is 1. The molecule has 0 aliphatic carbocycles. The molecular weight excluding hydrogens is 452 g/mol. The number of hydrogen-bond donors (Lipinski definition) is 1. The Morgan fingerprint density at radius 3 is 2.66 bits per heavy atom. The van der Waals surface area contributed by atoms with E-state index in [9.17, 15) is 9.59 Å². The van der Waals surface area contributed by atoms with E-state index >= 15 is 0 Å². The molecule has 0 atom stereocenters. The van der Waals surface area contributed by atoms with Crippen LogP contribution in [0.15, 0.2) is 58.1 Å². The van der Waals surface area contributed by atoms with Gasteiger partial charge in [-0.1, -0.05) is 23.4 Å². The lowest BCUT2D eigenvalue weighted by Gasteiger charge is -2.12. The van der Waals surface area contributed by atoms with Crippen LogP contribution in [0.5, 0.6) is 11.5 Å². The van der Waals surface area contributed by atoms with Crippen LogP contribution in [0.4, 0.5) is 5.69 Å². The van der Waals surface area contributed by atoms with E-state index in [4.69, 9.17) is 14.0 Å². The molecule has 0 unspecified atom stereocenters. The van der Waals surface area contributed by atoms with Gasteiger partial charge >= 0.3 is 0 Å². The number of methoxy groups -OCH3 is 2. The van der Waals surface area contributed by atoms with E-state index in [1.54, 1.807) is 36.8 Å². The molecular formula is C24H22N6O5. The Morgan fingerprint density at radius 2 is 1.91 bits per heavy atom. The highest BCUT2D eigenvalue weighted by atomic mass is 16.5. The Labute approximate surface area is 198 Å². The van der Waals surface area contributed by atoms with Crippen LogP contribution in [-0.4, -0.2) is 44.4 Å². The van der Waals surface area contributed by atoms with Gasteiger partial charge in [-0.3, -0.25) is 14.2 Å². The van der Waals surface area contributed by atoms with Crippen LogP contribution >= 0.6 is 0 Å². The summed E-state index contributed by atoms with van der Waals surface area (Å²) in [6.45, 7) is 1.67. The standard InChI is InChI=1S/C24H22N6O5/c1-14-26-21(35-28-14)12-29-13-25-22-16-6-4-5-7-17(16)30(23(22)24(29)32)11-20(31)27-15-8-9-18(33-2)19(10-15)34-3/h4-10,13H,11-12H2,1-3H3,(H,27,31). The number of nitrogens with one attached hydrogen (secondary N) is 1. The van der Waals surface area contributed by atoms with Crippen LogP contribution in [0.25, 0.3) is 21.9 Å². The number of amides is 1. The van der Waals surface area contributed by atoms with Crippen molar-refractivity contribution in [3.63, 3.8) is 0 Å². The monoisotopic (exact) mass is 474 g/mol. The second-order valence-electron chi connectivity index (χ2n) is 7.83. The molecule has 0 radical (unpaired) electrons. The van der Waals surface area contributed by atoms with Gasteiger partial charge in [0.2, 0.25) is 11.8 Å². The number of hydrogen-bond acceptors (Lipinski definition) is 8. The molecule has 3 aromatic heterocycles. The molecule has 5 aromatic rings.